The molecule has 0 radical (unpaired) electrons. The molecule has 2 aliphatic heterocycles. The van der Waals surface area contributed by atoms with Crippen LogP contribution in [0, 0.1) is 17.2 Å². The van der Waals surface area contributed by atoms with Gasteiger partial charge in [-0.1, -0.05) is 91.0 Å². The van der Waals surface area contributed by atoms with Crippen LogP contribution in [0.1, 0.15) is 11.1 Å². The summed E-state index contributed by atoms with van der Waals surface area (Å²) in [5.41, 5.74) is 11.0. The maximum Gasteiger partial charge on any atom is 0.205 e. The molecule has 0 bridgehead atoms. The molecule has 0 spiro atoms. The third-order valence-corrected chi connectivity index (χ3v) is 5.41. The van der Waals surface area contributed by atoms with Crippen molar-refractivity contribution in [3.63, 3.8) is 0 Å². The third-order valence-electron chi connectivity index (χ3n) is 5.41. The second kappa shape index (κ2) is 9.34. The topological polar surface area (TPSA) is 62.3 Å². The molecule has 2 aliphatic rings. The highest BCUT2D eigenvalue weighted by Gasteiger charge is 2.34. The predicted octanol–water partition coefficient (Wildman–Crippen LogP) is 4.88. The van der Waals surface area contributed by atoms with Crippen LogP contribution in [-0.4, -0.2) is 25.0 Å². The molecule has 1 atom stereocenters. The van der Waals surface area contributed by atoms with E-state index in [2.05, 4.69) is 48.4 Å². The summed E-state index contributed by atoms with van der Waals surface area (Å²) in [5, 5.41) is 9.75. The number of benzene rings is 2. The van der Waals surface area contributed by atoms with E-state index in [4.69, 9.17) is 10.5 Å². The Labute approximate surface area is 183 Å². The maximum atomic E-state index is 9.75. The second-order valence-corrected chi connectivity index (χ2v) is 7.73. The van der Waals surface area contributed by atoms with Crippen LogP contribution in [0.2, 0.25) is 0 Å². The van der Waals surface area contributed by atoms with Crippen LogP contribution in [0.3, 0.4) is 0 Å². The fourth-order valence-corrected chi connectivity index (χ4v) is 3.93. The first kappa shape index (κ1) is 20.5. The van der Waals surface area contributed by atoms with Gasteiger partial charge >= 0.3 is 0 Å². The minimum atomic E-state index is -0.210. The Kier molecular flexibility index (Phi) is 6.16. The van der Waals surface area contributed by atoms with E-state index in [-0.39, 0.29) is 11.8 Å². The summed E-state index contributed by atoms with van der Waals surface area (Å²) in [6, 6.07) is 22.5. The number of ether oxygens (including phenoxy) is 1. The Morgan fingerprint density at radius 1 is 1.00 bits per heavy atom. The Bertz CT molecular complexity index is 1130. The Morgan fingerprint density at radius 2 is 1.65 bits per heavy atom. The highest BCUT2D eigenvalue weighted by atomic mass is 16.5. The maximum absolute atomic E-state index is 9.75. The molecule has 4 rings (SSSR count). The van der Waals surface area contributed by atoms with Gasteiger partial charge in [-0.3, -0.25) is 4.90 Å². The van der Waals surface area contributed by atoms with E-state index >= 15 is 0 Å². The van der Waals surface area contributed by atoms with Gasteiger partial charge in [0.05, 0.1) is 0 Å². The number of nitrogens with zero attached hydrogens (tertiary/aromatic N) is 2. The minimum absolute atomic E-state index is 0.187. The molecule has 154 valence electrons. The minimum Gasteiger partial charge on any atom is -0.440 e. The lowest BCUT2D eigenvalue weighted by molar-refractivity contribution is 0.248. The number of hydrogen-bond acceptors (Lipinski definition) is 4. The average Bonchev–Trinajstić information content (AvgIpc) is 2.79. The number of nitriles is 1. The van der Waals surface area contributed by atoms with Gasteiger partial charge in [0.1, 0.15) is 17.4 Å². The lowest BCUT2D eigenvalue weighted by atomic mass is 9.84. The predicted molar refractivity (Wildman–Crippen MR) is 125 cm³/mol. The van der Waals surface area contributed by atoms with E-state index in [0.717, 1.165) is 41.1 Å². The van der Waals surface area contributed by atoms with Gasteiger partial charge in [-0.05, 0) is 23.7 Å². The third kappa shape index (κ3) is 4.69. The van der Waals surface area contributed by atoms with E-state index < -0.39 is 0 Å². The number of nitrogens with two attached hydrogens (primary N) is 1. The van der Waals surface area contributed by atoms with Gasteiger partial charge in [-0.25, -0.2) is 0 Å². The van der Waals surface area contributed by atoms with Gasteiger partial charge in [0.2, 0.25) is 5.88 Å². The number of rotatable bonds is 4. The average molecular weight is 408 g/mol. The summed E-state index contributed by atoms with van der Waals surface area (Å²) in [6.07, 6.45) is 10.3. The van der Waals surface area contributed by atoms with Gasteiger partial charge in [0.25, 0.3) is 0 Å². The molecule has 0 saturated heterocycles. The van der Waals surface area contributed by atoms with Crippen molar-refractivity contribution in [1.29, 1.82) is 5.26 Å². The van der Waals surface area contributed by atoms with Crippen LogP contribution >= 0.6 is 0 Å². The number of allylic oxidation sites excluding steroid dienone is 4. The monoisotopic (exact) mass is 407 g/mol. The molecule has 2 aromatic rings. The van der Waals surface area contributed by atoms with E-state index in [1.807, 2.05) is 60.7 Å². The van der Waals surface area contributed by atoms with E-state index in [9.17, 15) is 5.26 Å². The van der Waals surface area contributed by atoms with Crippen molar-refractivity contribution in [2.24, 2.45) is 11.7 Å². The lowest BCUT2D eigenvalue weighted by Gasteiger charge is -2.35. The SMILES string of the molecule is CN1CC2=C(OC(N)=C(C#N)[C@@H]2/C=C/c2ccccc2)/C(=C/C=C/c2ccccc2)C1. The molecular formula is C27H25N3O. The van der Waals surface area contributed by atoms with Crippen LogP contribution < -0.4 is 5.73 Å². The highest BCUT2D eigenvalue weighted by molar-refractivity contribution is 5.57. The summed E-state index contributed by atoms with van der Waals surface area (Å²) >= 11 is 0. The molecule has 31 heavy (non-hydrogen) atoms. The molecule has 0 aromatic heterocycles. The van der Waals surface area contributed by atoms with Crippen molar-refractivity contribution in [3.8, 4) is 6.07 Å². The molecule has 0 amide bonds. The van der Waals surface area contributed by atoms with Crippen molar-refractivity contribution >= 4 is 12.2 Å². The van der Waals surface area contributed by atoms with Gasteiger partial charge in [0.15, 0.2) is 0 Å². The van der Waals surface area contributed by atoms with Crippen LogP contribution in [-0.2, 0) is 4.74 Å². The zero-order valence-corrected chi connectivity index (χ0v) is 17.5. The second-order valence-electron chi connectivity index (χ2n) is 7.73. The normalized spacial score (nSPS) is 20.9. The summed E-state index contributed by atoms with van der Waals surface area (Å²) in [4.78, 5) is 2.23. The molecule has 0 aliphatic carbocycles. The molecule has 0 fully saturated rings. The van der Waals surface area contributed by atoms with Crippen LogP contribution in [0.4, 0.5) is 0 Å². The van der Waals surface area contributed by atoms with Crippen LogP contribution in [0.25, 0.3) is 12.2 Å². The summed E-state index contributed by atoms with van der Waals surface area (Å²) in [6.45, 7) is 1.47. The summed E-state index contributed by atoms with van der Waals surface area (Å²) in [7, 11) is 2.07. The van der Waals surface area contributed by atoms with Crippen molar-refractivity contribution in [1.82, 2.24) is 4.90 Å². The number of likely N-dealkylation sites (N-methyl/N-ethyl adjacent to an activating group) is 1. The van der Waals surface area contributed by atoms with E-state index in [0.29, 0.717) is 5.57 Å². The van der Waals surface area contributed by atoms with Crippen molar-refractivity contribution in [2.45, 2.75) is 0 Å². The van der Waals surface area contributed by atoms with Crippen molar-refractivity contribution < 1.29 is 4.74 Å². The smallest absolute Gasteiger partial charge is 0.205 e. The van der Waals surface area contributed by atoms with Gasteiger partial charge in [0, 0.05) is 24.6 Å². The quantitative estimate of drug-likeness (QED) is 0.785. The van der Waals surface area contributed by atoms with E-state index in [1.54, 1.807) is 0 Å². The highest BCUT2D eigenvalue weighted by Crippen LogP contribution is 2.38. The molecule has 0 unspecified atom stereocenters. The van der Waals surface area contributed by atoms with Gasteiger partial charge in [-0.15, -0.1) is 0 Å². The number of hydrogen-bond donors (Lipinski definition) is 1. The standard InChI is InChI=1S/C27H25N3O/c1-30-18-22(14-8-13-20-9-4-2-5-10-20)26-25(19-30)23(24(17-28)27(29)31-26)16-15-21-11-6-3-7-12-21/h2-16,23H,18-19,29H2,1H3/b13-8+,16-15+,22-14+/t23-/m0/s1. The Balaban J connectivity index is 1.70. The molecule has 0 saturated carbocycles. The first-order chi connectivity index (χ1) is 15.2. The van der Waals surface area contributed by atoms with Crippen LogP contribution in [0.5, 0.6) is 0 Å². The fourth-order valence-electron chi connectivity index (χ4n) is 3.93. The van der Waals surface area contributed by atoms with E-state index in [1.165, 1.54) is 0 Å². The Morgan fingerprint density at radius 3 is 2.29 bits per heavy atom. The molecule has 4 heteroatoms. The first-order valence-corrected chi connectivity index (χ1v) is 10.3. The molecule has 2 aromatic carbocycles. The molecule has 2 N–H and O–H groups in total. The molecule has 2 heterocycles. The molecule has 4 nitrogen and oxygen atoms in total. The van der Waals surface area contributed by atoms with Gasteiger partial charge < -0.3 is 10.5 Å². The summed E-state index contributed by atoms with van der Waals surface area (Å²) < 4.78 is 5.99. The zero-order valence-electron chi connectivity index (χ0n) is 17.5. The Hall–Kier alpha value is -3.81. The zero-order chi connectivity index (χ0) is 21.6. The van der Waals surface area contributed by atoms with Crippen molar-refractivity contribution in [3.05, 3.63) is 118 Å². The van der Waals surface area contributed by atoms with Crippen molar-refractivity contribution in [2.75, 3.05) is 20.1 Å². The van der Waals surface area contributed by atoms with Crippen LogP contribution in [0.15, 0.2) is 107 Å². The summed E-state index contributed by atoms with van der Waals surface area (Å²) in [5.74, 6) is 0.764. The van der Waals surface area contributed by atoms with Gasteiger partial charge in [-0.2, -0.15) is 5.26 Å². The fraction of sp³-hybridized carbons (Fsp3) is 0.148. The molecular weight excluding hydrogens is 382 g/mol. The first-order valence-electron chi connectivity index (χ1n) is 10.3. The largest absolute Gasteiger partial charge is 0.440 e. The lowest BCUT2D eigenvalue weighted by Crippen LogP contribution is -2.36.